The van der Waals surface area contributed by atoms with E-state index >= 15 is 0 Å². The fourth-order valence-corrected chi connectivity index (χ4v) is 1.82. The maximum atomic E-state index is 12.3. The second-order valence-corrected chi connectivity index (χ2v) is 4.54. The van der Waals surface area contributed by atoms with Gasteiger partial charge in [-0.25, -0.2) is 4.98 Å². The van der Waals surface area contributed by atoms with Gasteiger partial charge in [0.05, 0.1) is 12.0 Å². The molecule has 5 nitrogen and oxygen atoms in total. The van der Waals surface area contributed by atoms with Crippen LogP contribution in [0, 0.1) is 0 Å². The lowest BCUT2D eigenvalue weighted by atomic mass is 10.2. The number of benzene rings is 1. The van der Waals surface area contributed by atoms with Gasteiger partial charge in [-0.1, -0.05) is 3.89 Å². The summed E-state index contributed by atoms with van der Waals surface area (Å²) in [5.41, 5.74) is 1.55. The van der Waals surface area contributed by atoms with Crippen molar-refractivity contribution in [3.05, 3.63) is 36.8 Å². The predicted molar refractivity (Wildman–Crippen MR) is 64.0 cm³/mol. The number of aromatic nitrogens is 2. The van der Waals surface area contributed by atoms with Crippen LogP contribution < -0.4 is 4.18 Å². The highest BCUT2D eigenvalue weighted by Gasteiger charge is 2.09. The standard InChI is InChI=1S/C11H11FN2O3S/c1-2-14-7-11(13-8-14)9-3-5-10(6-4-9)17-18(12,15)16/h3-8H,2H2,1H3. The molecule has 18 heavy (non-hydrogen) atoms. The summed E-state index contributed by atoms with van der Waals surface area (Å²) in [6.07, 6.45) is 3.56. The maximum absolute atomic E-state index is 12.3. The molecular weight excluding hydrogens is 259 g/mol. The normalized spacial score (nSPS) is 11.4. The lowest BCUT2D eigenvalue weighted by molar-refractivity contribution is 0.440. The molecule has 0 atom stereocenters. The molecule has 1 heterocycles. The number of hydrogen-bond donors (Lipinski definition) is 0. The third-order valence-corrected chi connectivity index (χ3v) is 2.74. The molecule has 1 aromatic heterocycles. The van der Waals surface area contributed by atoms with Crippen LogP contribution in [0.3, 0.4) is 0 Å². The Morgan fingerprint density at radius 3 is 2.50 bits per heavy atom. The maximum Gasteiger partial charge on any atom is 0.488 e. The Hall–Kier alpha value is -1.89. The van der Waals surface area contributed by atoms with Gasteiger partial charge in [0.15, 0.2) is 0 Å². The van der Waals surface area contributed by atoms with E-state index < -0.39 is 10.5 Å². The Balaban J connectivity index is 2.22. The molecule has 0 saturated carbocycles. The summed E-state index contributed by atoms with van der Waals surface area (Å²) >= 11 is 0. The Kier molecular flexibility index (Phi) is 3.33. The van der Waals surface area contributed by atoms with Crippen LogP contribution in [0.25, 0.3) is 11.3 Å². The molecule has 0 amide bonds. The fourth-order valence-electron chi connectivity index (χ4n) is 1.48. The zero-order valence-electron chi connectivity index (χ0n) is 9.58. The Bertz CT molecular complexity index is 635. The third-order valence-electron chi connectivity index (χ3n) is 2.34. The zero-order valence-corrected chi connectivity index (χ0v) is 10.4. The average Bonchev–Trinajstić information content (AvgIpc) is 2.76. The van der Waals surface area contributed by atoms with Gasteiger partial charge >= 0.3 is 10.5 Å². The third kappa shape index (κ3) is 3.07. The van der Waals surface area contributed by atoms with E-state index in [1.54, 1.807) is 18.5 Å². The predicted octanol–water partition coefficient (Wildman–Crippen LogP) is 2.16. The highest BCUT2D eigenvalue weighted by Crippen LogP contribution is 2.21. The first-order valence-corrected chi connectivity index (χ1v) is 6.55. The molecule has 96 valence electrons. The second kappa shape index (κ2) is 4.77. The van der Waals surface area contributed by atoms with Gasteiger partial charge < -0.3 is 8.75 Å². The first-order chi connectivity index (χ1) is 8.48. The second-order valence-electron chi connectivity index (χ2n) is 3.59. The van der Waals surface area contributed by atoms with Crippen LogP contribution in [-0.4, -0.2) is 18.0 Å². The Labute approximate surface area is 104 Å². The number of aryl methyl sites for hydroxylation is 1. The molecule has 0 radical (unpaired) electrons. The van der Waals surface area contributed by atoms with Gasteiger partial charge in [0.25, 0.3) is 0 Å². The molecule has 0 unspecified atom stereocenters. The molecule has 2 rings (SSSR count). The smallest absolute Gasteiger partial charge is 0.358 e. The Morgan fingerprint density at radius 2 is 2.00 bits per heavy atom. The summed E-state index contributed by atoms with van der Waals surface area (Å²) < 4.78 is 38.9. The molecular formula is C11H11FN2O3S. The number of halogens is 1. The minimum absolute atomic E-state index is 0.0730. The van der Waals surface area contributed by atoms with Crippen molar-refractivity contribution in [1.82, 2.24) is 9.55 Å². The summed E-state index contributed by atoms with van der Waals surface area (Å²) in [6, 6.07) is 5.97. The van der Waals surface area contributed by atoms with E-state index in [0.29, 0.717) is 0 Å². The molecule has 7 heteroatoms. The van der Waals surface area contributed by atoms with Crippen molar-refractivity contribution >= 4 is 10.5 Å². The van der Waals surface area contributed by atoms with E-state index in [0.717, 1.165) is 17.8 Å². The molecule has 2 aromatic rings. The summed E-state index contributed by atoms with van der Waals surface area (Å²) in [5.74, 6) is -0.0730. The summed E-state index contributed by atoms with van der Waals surface area (Å²) in [7, 11) is -4.97. The van der Waals surface area contributed by atoms with E-state index in [1.165, 1.54) is 12.1 Å². The molecule has 0 aliphatic carbocycles. The number of hydrogen-bond acceptors (Lipinski definition) is 4. The van der Waals surface area contributed by atoms with Gasteiger partial charge in [0.1, 0.15) is 5.75 Å². The van der Waals surface area contributed by atoms with Gasteiger partial charge in [-0.05, 0) is 31.2 Å². The van der Waals surface area contributed by atoms with Crippen LogP contribution in [0.2, 0.25) is 0 Å². The first kappa shape index (κ1) is 12.6. The monoisotopic (exact) mass is 270 g/mol. The lowest BCUT2D eigenvalue weighted by Crippen LogP contribution is -2.00. The SMILES string of the molecule is CCn1cnc(-c2ccc(OS(=O)(=O)F)cc2)c1. The van der Waals surface area contributed by atoms with Crippen LogP contribution in [0.1, 0.15) is 6.92 Å². The van der Waals surface area contributed by atoms with Crippen LogP contribution in [0.5, 0.6) is 5.75 Å². The average molecular weight is 270 g/mol. The topological polar surface area (TPSA) is 61.2 Å². The number of nitrogens with zero attached hydrogens (tertiary/aromatic N) is 2. The molecule has 0 N–H and O–H groups in total. The quantitative estimate of drug-likeness (QED) is 0.799. The van der Waals surface area contributed by atoms with Gasteiger partial charge in [0, 0.05) is 18.3 Å². The number of imidazole rings is 1. The van der Waals surface area contributed by atoms with Crippen LogP contribution in [-0.2, 0) is 17.0 Å². The van der Waals surface area contributed by atoms with Gasteiger partial charge in [-0.3, -0.25) is 0 Å². The van der Waals surface area contributed by atoms with Crippen molar-refractivity contribution in [3.8, 4) is 17.0 Å². The summed E-state index contributed by atoms with van der Waals surface area (Å²) in [6.45, 7) is 2.81. The highest BCUT2D eigenvalue weighted by atomic mass is 32.3. The van der Waals surface area contributed by atoms with E-state index in [2.05, 4.69) is 9.17 Å². The van der Waals surface area contributed by atoms with Gasteiger partial charge in [0.2, 0.25) is 0 Å². The van der Waals surface area contributed by atoms with E-state index in [-0.39, 0.29) is 5.75 Å². The molecule has 1 aromatic carbocycles. The van der Waals surface area contributed by atoms with Crippen molar-refractivity contribution in [2.45, 2.75) is 13.5 Å². The summed E-state index contributed by atoms with van der Waals surface area (Å²) in [5, 5.41) is 0. The largest absolute Gasteiger partial charge is 0.488 e. The lowest BCUT2D eigenvalue weighted by Gasteiger charge is -2.01. The van der Waals surface area contributed by atoms with Crippen molar-refractivity contribution in [1.29, 1.82) is 0 Å². The highest BCUT2D eigenvalue weighted by molar-refractivity contribution is 7.81. The minimum Gasteiger partial charge on any atom is -0.358 e. The van der Waals surface area contributed by atoms with Crippen molar-refractivity contribution in [2.75, 3.05) is 0 Å². The van der Waals surface area contributed by atoms with Crippen LogP contribution in [0.15, 0.2) is 36.8 Å². The molecule has 0 saturated heterocycles. The minimum atomic E-state index is -4.97. The molecule has 0 aliphatic rings. The fraction of sp³-hybridized carbons (Fsp3) is 0.182. The number of rotatable bonds is 4. The van der Waals surface area contributed by atoms with Crippen molar-refractivity contribution < 1.29 is 16.5 Å². The molecule has 0 aliphatic heterocycles. The van der Waals surface area contributed by atoms with Crippen LogP contribution >= 0.6 is 0 Å². The van der Waals surface area contributed by atoms with Gasteiger partial charge in [-0.2, -0.15) is 8.42 Å². The first-order valence-electron chi connectivity index (χ1n) is 5.24. The molecule has 0 spiro atoms. The molecule has 0 fully saturated rings. The van der Waals surface area contributed by atoms with Gasteiger partial charge in [-0.15, -0.1) is 0 Å². The van der Waals surface area contributed by atoms with E-state index in [4.69, 9.17) is 0 Å². The zero-order chi connectivity index (χ0) is 13.2. The van der Waals surface area contributed by atoms with E-state index in [9.17, 15) is 12.3 Å². The van der Waals surface area contributed by atoms with Crippen molar-refractivity contribution in [3.63, 3.8) is 0 Å². The van der Waals surface area contributed by atoms with E-state index in [1.807, 2.05) is 17.7 Å². The van der Waals surface area contributed by atoms with Crippen molar-refractivity contribution in [2.24, 2.45) is 0 Å². The van der Waals surface area contributed by atoms with Crippen LogP contribution in [0.4, 0.5) is 3.89 Å². The Morgan fingerprint density at radius 1 is 1.33 bits per heavy atom. The molecule has 0 bridgehead atoms. The summed E-state index contributed by atoms with van der Waals surface area (Å²) in [4.78, 5) is 4.19.